The Hall–Kier alpha value is -4.00. The molecule has 0 aliphatic carbocycles. The largest absolute Gasteiger partial charge is 0.494 e. The number of carboxylic acid groups (broad SMARTS) is 1. The van der Waals surface area contributed by atoms with Gasteiger partial charge < -0.3 is 25.2 Å². The zero-order chi connectivity index (χ0) is 24.9. The zero-order valence-electron chi connectivity index (χ0n) is 19.9. The van der Waals surface area contributed by atoms with E-state index in [9.17, 15) is 14.7 Å². The highest BCUT2D eigenvalue weighted by Gasteiger charge is 2.36. The van der Waals surface area contributed by atoms with E-state index in [0.717, 1.165) is 12.0 Å². The number of hydrogen-bond acceptors (Lipinski definition) is 4. The van der Waals surface area contributed by atoms with Crippen LogP contribution >= 0.6 is 0 Å². The van der Waals surface area contributed by atoms with Gasteiger partial charge in [-0.1, -0.05) is 60.7 Å². The molecular formula is C28H32N2O5. The van der Waals surface area contributed by atoms with Crippen molar-refractivity contribution in [3.63, 3.8) is 0 Å². The van der Waals surface area contributed by atoms with E-state index in [4.69, 9.17) is 9.47 Å². The minimum Gasteiger partial charge on any atom is -0.494 e. The average molecular weight is 477 g/mol. The first-order valence-electron chi connectivity index (χ1n) is 11.7. The second-order valence-electron chi connectivity index (χ2n) is 8.39. The number of rotatable bonds is 13. The van der Waals surface area contributed by atoms with E-state index in [1.165, 1.54) is 5.56 Å². The average Bonchev–Trinajstić information content (AvgIpc) is 2.86. The Morgan fingerprint density at radius 2 is 1.43 bits per heavy atom. The molecule has 1 unspecified atom stereocenters. The summed E-state index contributed by atoms with van der Waals surface area (Å²) in [5, 5.41) is 15.4. The van der Waals surface area contributed by atoms with Gasteiger partial charge in [-0.2, -0.15) is 0 Å². The van der Waals surface area contributed by atoms with Crippen LogP contribution in [0.3, 0.4) is 0 Å². The molecule has 0 aromatic heterocycles. The number of para-hydroxylation sites is 1. The number of hydrogen-bond donors (Lipinski definition) is 3. The summed E-state index contributed by atoms with van der Waals surface area (Å²) in [6.07, 6.45) is 1.66. The maximum atomic E-state index is 11.9. The molecule has 0 radical (unpaired) electrons. The third kappa shape index (κ3) is 8.70. The lowest BCUT2D eigenvalue weighted by molar-refractivity contribution is -0.153. The molecule has 3 N–H and O–H groups in total. The molecule has 3 rings (SSSR count). The summed E-state index contributed by atoms with van der Waals surface area (Å²) in [5.74, 6) is 0.163. The van der Waals surface area contributed by atoms with E-state index in [1.54, 1.807) is 31.2 Å². The molecule has 0 fully saturated rings. The van der Waals surface area contributed by atoms with Crippen LogP contribution in [0.25, 0.3) is 0 Å². The van der Waals surface area contributed by atoms with E-state index >= 15 is 0 Å². The summed E-state index contributed by atoms with van der Waals surface area (Å²) in [5.41, 5.74) is 0.618. The Balaban J connectivity index is 1.35. The highest BCUT2D eigenvalue weighted by atomic mass is 16.5. The van der Waals surface area contributed by atoms with Crippen molar-refractivity contribution in [2.24, 2.45) is 0 Å². The maximum Gasteiger partial charge on any atom is 0.348 e. The van der Waals surface area contributed by atoms with Gasteiger partial charge in [-0.3, -0.25) is 0 Å². The van der Waals surface area contributed by atoms with Gasteiger partial charge in [-0.15, -0.1) is 0 Å². The van der Waals surface area contributed by atoms with Crippen LogP contribution in [-0.4, -0.2) is 42.4 Å². The van der Waals surface area contributed by atoms with E-state index in [-0.39, 0.29) is 12.5 Å². The summed E-state index contributed by atoms with van der Waals surface area (Å²) in [6.45, 7) is 3.10. The molecule has 0 heterocycles. The van der Waals surface area contributed by atoms with Crippen LogP contribution in [0, 0.1) is 0 Å². The van der Waals surface area contributed by atoms with Gasteiger partial charge in [0.1, 0.15) is 11.5 Å². The number of carbonyl (C=O) groups excluding carboxylic acids is 1. The molecule has 0 bridgehead atoms. The standard InChI is InChI=1S/C28H32N2O5/c1-28(26(31)32,35-25-11-6-3-7-12-25)21-23-13-15-24(16-14-23)34-20-8-18-29-27(33)30-19-17-22-9-4-2-5-10-22/h2-7,9-16H,8,17-21H2,1H3,(H,31,32)(H2,29,30,33). The summed E-state index contributed by atoms with van der Waals surface area (Å²) in [7, 11) is 0. The fourth-order valence-electron chi connectivity index (χ4n) is 3.49. The Morgan fingerprint density at radius 3 is 2.09 bits per heavy atom. The molecule has 1 atom stereocenters. The van der Waals surface area contributed by atoms with Crippen molar-refractivity contribution in [2.45, 2.75) is 31.8 Å². The van der Waals surface area contributed by atoms with Crippen molar-refractivity contribution < 1.29 is 24.2 Å². The summed E-state index contributed by atoms with van der Waals surface area (Å²) < 4.78 is 11.5. The number of amides is 2. The maximum absolute atomic E-state index is 11.9. The Labute approximate surface area is 206 Å². The van der Waals surface area contributed by atoms with Crippen LogP contribution < -0.4 is 20.1 Å². The van der Waals surface area contributed by atoms with Crippen LogP contribution in [0.5, 0.6) is 11.5 Å². The minimum atomic E-state index is -1.39. The molecule has 0 spiro atoms. The molecule has 0 aliphatic rings. The van der Waals surface area contributed by atoms with Crippen molar-refractivity contribution in [1.82, 2.24) is 10.6 Å². The molecule has 2 amide bonds. The number of aliphatic carboxylic acids is 1. The van der Waals surface area contributed by atoms with Crippen LogP contribution in [0.15, 0.2) is 84.9 Å². The van der Waals surface area contributed by atoms with Crippen LogP contribution in [0.2, 0.25) is 0 Å². The van der Waals surface area contributed by atoms with Gasteiger partial charge >= 0.3 is 12.0 Å². The minimum absolute atomic E-state index is 0.190. The van der Waals surface area contributed by atoms with E-state index < -0.39 is 11.6 Å². The molecule has 35 heavy (non-hydrogen) atoms. The fraction of sp³-hybridized carbons (Fsp3) is 0.286. The first kappa shape index (κ1) is 25.6. The molecule has 0 saturated carbocycles. The number of nitrogens with one attached hydrogen (secondary N) is 2. The van der Waals surface area contributed by atoms with Crippen LogP contribution in [-0.2, 0) is 17.6 Å². The fourth-order valence-corrected chi connectivity index (χ4v) is 3.49. The number of carbonyl (C=O) groups is 2. The van der Waals surface area contributed by atoms with E-state index in [1.807, 2.05) is 60.7 Å². The molecule has 3 aromatic carbocycles. The van der Waals surface area contributed by atoms with Crippen molar-refractivity contribution in [1.29, 1.82) is 0 Å². The highest BCUT2D eigenvalue weighted by molar-refractivity contribution is 5.78. The monoisotopic (exact) mass is 476 g/mol. The lowest BCUT2D eigenvalue weighted by atomic mass is 9.96. The molecular weight excluding hydrogens is 444 g/mol. The van der Waals surface area contributed by atoms with Crippen LogP contribution in [0.4, 0.5) is 4.79 Å². The second kappa shape index (κ2) is 13.0. The quantitative estimate of drug-likeness (QED) is 0.317. The first-order valence-corrected chi connectivity index (χ1v) is 11.7. The molecule has 0 saturated heterocycles. The van der Waals surface area contributed by atoms with Gasteiger partial charge in [0.05, 0.1) is 6.61 Å². The van der Waals surface area contributed by atoms with Crippen molar-refractivity contribution in [3.05, 3.63) is 96.1 Å². The predicted molar refractivity (Wildman–Crippen MR) is 135 cm³/mol. The lowest BCUT2D eigenvalue weighted by Gasteiger charge is -2.26. The van der Waals surface area contributed by atoms with Crippen LogP contribution in [0.1, 0.15) is 24.5 Å². The third-order valence-electron chi connectivity index (χ3n) is 5.42. The third-order valence-corrected chi connectivity index (χ3v) is 5.42. The van der Waals surface area contributed by atoms with Crippen molar-refractivity contribution in [3.8, 4) is 11.5 Å². The number of benzene rings is 3. The molecule has 7 nitrogen and oxygen atoms in total. The summed E-state index contributed by atoms with van der Waals surface area (Å²) in [6, 6.07) is 26.0. The first-order chi connectivity index (χ1) is 16.9. The molecule has 7 heteroatoms. The Kier molecular flexibility index (Phi) is 9.54. The van der Waals surface area contributed by atoms with Crippen molar-refractivity contribution >= 4 is 12.0 Å². The smallest absolute Gasteiger partial charge is 0.348 e. The SMILES string of the molecule is CC(Cc1ccc(OCCCNC(=O)NCCc2ccccc2)cc1)(Oc1ccccc1)C(=O)O. The normalized spacial score (nSPS) is 12.3. The zero-order valence-corrected chi connectivity index (χ0v) is 19.9. The lowest BCUT2D eigenvalue weighted by Crippen LogP contribution is -2.43. The van der Waals surface area contributed by atoms with Crippen molar-refractivity contribution in [2.75, 3.05) is 19.7 Å². The van der Waals surface area contributed by atoms with Gasteiger partial charge in [-0.05, 0) is 55.2 Å². The van der Waals surface area contributed by atoms with Gasteiger partial charge in [0.25, 0.3) is 0 Å². The van der Waals surface area contributed by atoms with Gasteiger partial charge in [-0.25, -0.2) is 9.59 Å². The predicted octanol–water partition coefficient (Wildman–Crippen LogP) is 4.46. The summed E-state index contributed by atoms with van der Waals surface area (Å²) in [4.78, 5) is 23.8. The topological polar surface area (TPSA) is 96.9 Å². The van der Waals surface area contributed by atoms with Gasteiger partial charge in [0.15, 0.2) is 0 Å². The van der Waals surface area contributed by atoms with E-state index in [0.29, 0.717) is 37.6 Å². The summed E-state index contributed by atoms with van der Waals surface area (Å²) >= 11 is 0. The number of carboxylic acids is 1. The number of ether oxygens (including phenoxy) is 2. The molecule has 184 valence electrons. The van der Waals surface area contributed by atoms with Gasteiger partial charge in [0.2, 0.25) is 5.60 Å². The number of urea groups is 1. The Bertz CT molecular complexity index is 1060. The second-order valence-corrected chi connectivity index (χ2v) is 8.39. The van der Waals surface area contributed by atoms with Gasteiger partial charge in [0, 0.05) is 19.5 Å². The molecule has 3 aromatic rings. The van der Waals surface area contributed by atoms with E-state index in [2.05, 4.69) is 10.6 Å². The highest BCUT2D eigenvalue weighted by Crippen LogP contribution is 2.24. The Morgan fingerprint density at radius 1 is 0.800 bits per heavy atom. The molecule has 0 aliphatic heterocycles.